The van der Waals surface area contributed by atoms with E-state index in [0.29, 0.717) is 156 Å². The van der Waals surface area contributed by atoms with Crippen LogP contribution < -0.4 is 74.3 Å². The molecule has 4 amide bonds. The third-order valence-electron chi connectivity index (χ3n) is 18.2. The number of allylic oxidation sites excluding steroid dienone is 2. The average molecular weight is 1650 g/mol. The van der Waals surface area contributed by atoms with Gasteiger partial charge >= 0.3 is 5.97 Å². The maximum Gasteiger partial charge on any atom is 0.311 e. The van der Waals surface area contributed by atoms with E-state index in [9.17, 15) is 61.2 Å². The van der Waals surface area contributed by atoms with Crippen LogP contribution in [0.1, 0.15) is 198 Å². The number of nitrogens with one attached hydrogen (secondary N) is 13. The van der Waals surface area contributed by atoms with E-state index in [1.807, 2.05) is 6.20 Å². The molecule has 5 aromatic rings. The molecule has 1 aromatic heterocycles. The number of thiocarbonyl (C=S) groups is 3. The zero-order chi connectivity index (χ0) is 82.6. The van der Waals surface area contributed by atoms with E-state index in [0.717, 1.165) is 93.4 Å². The molecule has 1 unspecified atom stereocenters. The van der Waals surface area contributed by atoms with Crippen LogP contribution in [0.25, 0.3) is 0 Å². The predicted molar refractivity (Wildman–Crippen MR) is 443 cm³/mol. The number of amides is 4. The lowest BCUT2D eigenvalue weighted by molar-refractivity contribution is -0.135. The number of carbonyl (C=O) groups is 5. The van der Waals surface area contributed by atoms with Crippen LogP contribution in [0.4, 0.5) is 39.0 Å². The lowest BCUT2D eigenvalue weighted by Crippen LogP contribution is -2.50. The monoisotopic (exact) mass is 1650 g/mol. The second kappa shape index (κ2) is 55.4. The SMILES string of the molecule is N=N/C(=C\NCCCCNC(=O)CCC(CCC(=O)NCCCCN/C=C(\N)CCCCNC(=S)Nc1ccc(O)cc1)(CCC(=O)NCCCCn1cc(CCCCNC(=S)Nc2ccc(O)cc2)nn1)NC(=O)CCCCCCCCCCC(=O)Oc1c(F)c(F)c(F)c(F)c1F)CCCCNC(=S)Nc1ccc(O)cc1. The van der Waals surface area contributed by atoms with Crippen molar-refractivity contribution in [3.05, 3.63) is 138 Å². The Morgan fingerprint density at radius 3 is 1.30 bits per heavy atom. The minimum atomic E-state index is -2.36. The van der Waals surface area contributed by atoms with E-state index in [1.165, 1.54) is 0 Å². The largest absolute Gasteiger partial charge is 0.508 e. The van der Waals surface area contributed by atoms with Crippen LogP contribution in [-0.2, 0) is 36.9 Å². The topological polar surface area (TPSA) is 393 Å². The van der Waals surface area contributed by atoms with Crippen LogP contribution in [-0.4, -0.2) is 133 Å². The molecule has 18 N–H and O–H groups in total. The molecule has 35 heteroatoms. The summed E-state index contributed by atoms with van der Waals surface area (Å²) in [4.78, 5) is 67.6. The smallest absolute Gasteiger partial charge is 0.311 e. The van der Waals surface area contributed by atoms with Gasteiger partial charge in [-0.3, -0.25) is 28.7 Å². The molecule has 27 nitrogen and oxygen atoms in total. The molecule has 5 rings (SSSR count). The molecule has 0 aliphatic heterocycles. The van der Waals surface area contributed by atoms with Gasteiger partial charge in [-0.2, -0.15) is 13.9 Å². The first kappa shape index (κ1) is 94.6. The fraction of sp³-hybridized carbons (Fsp3) is 0.519. The highest BCUT2D eigenvalue weighted by atomic mass is 32.1. The first-order valence-electron chi connectivity index (χ1n) is 39.2. The summed E-state index contributed by atoms with van der Waals surface area (Å²) in [7, 11) is 0. The Labute approximate surface area is 680 Å². The van der Waals surface area contributed by atoms with Crippen molar-refractivity contribution in [1.82, 2.24) is 62.8 Å². The van der Waals surface area contributed by atoms with Gasteiger partial charge in [-0.15, -0.1) is 5.10 Å². The van der Waals surface area contributed by atoms with E-state index in [2.05, 4.69) is 84.0 Å². The van der Waals surface area contributed by atoms with Crippen molar-refractivity contribution in [1.29, 1.82) is 5.53 Å². The number of phenolic OH excluding ortho intramolecular Hbond substituents is 3. The zero-order valence-corrected chi connectivity index (χ0v) is 67.2. The number of aryl methyl sites for hydroxylation is 2. The summed E-state index contributed by atoms with van der Waals surface area (Å²) in [6, 6.07) is 19.8. The number of ether oxygens (including phenoxy) is 1. The van der Waals surface area contributed by atoms with Gasteiger partial charge in [0.25, 0.3) is 0 Å². The van der Waals surface area contributed by atoms with Gasteiger partial charge in [-0.05, 0) is 238 Å². The van der Waals surface area contributed by atoms with Gasteiger partial charge in [0.1, 0.15) is 17.2 Å². The maximum atomic E-state index is 14.2. The summed E-state index contributed by atoms with van der Waals surface area (Å²) in [5.41, 5.74) is 17.2. The van der Waals surface area contributed by atoms with Gasteiger partial charge in [-0.1, -0.05) is 43.7 Å². The molecular formula is C79H113F5N18O9S3. The number of aromatic hydroxyl groups is 3. The quantitative estimate of drug-likeness (QED) is 0.00198. The van der Waals surface area contributed by atoms with Gasteiger partial charge in [0, 0.05) is 138 Å². The molecule has 0 fully saturated rings. The number of halogens is 5. The lowest BCUT2D eigenvalue weighted by Gasteiger charge is -2.35. The van der Waals surface area contributed by atoms with Crippen LogP contribution in [0.3, 0.4) is 0 Å². The Morgan fingerprint density at radius 1 is 0.456 bits per heavy atom. The lowest BCUT2D eigenvalue weighted by atomic mass is 9.82. The molecule has 626 valence electrons. The number of hydrogen-bond acceptors (Lipinski definition) is 19. The van der Waals surface area contributed by atoms with Crippen molar-refractivity contribution in [2.45, 2.75) is 211 Å². The Kier molecular flexibility index (Phi) is 46.0. The Balaban J connectivity index is 1.12. The number of anilines is 3. The van der Waals surface area contributed by atoms with E-state index in [1.54, 1.807) is 89.9 Å². The number of unbranched alkanes of at least 4 members (excludes halogenated alkanes) is 13. The highest BCUT2D eigenvalue weighted by Gasteiger charge is 2.34. The van der Waals surface area contributed by atoms with Crippen LogP contribution >= 0.6 is 36.7 Å². The Bertz CT molecular complexity index is 3820. The number of rotatable bonds is 58. The molecule has 0 saturated carbocycles. The number of phenols is 3. The number of carbonyl (C=O) groups excluding carboxylic acids is 5. The second-order valence-electron chi connectivity index (χ2n) is 27.7. The molecule has 0 saturated heterocycles. The second-order valence-corrected chi connectivity index (χ2v) is 28.9. The fourth-order valence-electron chi connectivity index (χ4n) is 11.8. The predicted octanol–water partition coefficient (Wildman–Crippen LogP) is 13.0. The molecule has 4 aromatic carbocycles. The summed E-state index contributed by atoms with van der Waals surface area (Å²) in [5.74, 6) is -14.6. The molecule has 0 aliphatic rings. The fourth-order valence-corrected chi connectivity index (χ4v) is 12.4. The minimum absolute atomic E-state index is 0.0103. The first-order chi connectivity index (χ1) is 55.0. The van der Waals surface area contributed by atoms with Crippen molar-refractivity contribution in [3.8, 4) is 23.0 Å². The molecular weight excluding hydrogens is 1540 g/mol. The summed E-state index contributed by atoms with van der Waals surface area (Å²) in [6.07, 6.45) is 21.4. The number of nitrogens with two attached hydrogens (primary N) is 1. The third-order valence-corrected chi connectivity index (χ3v) is 19.0. The number of benzene rings is 4. The van der Waals surface area contributed by atoms with Gasteiger partial charge in [-0.25, -0.2) is 18.7 Å². The molecule has 0 radical (unpaired) electrons. The van der Waals surface area contributed by atoms with Crippen LogP contribution in [0.15, 0.2) is 108 Å². The van der Waals surface area contributed by atoms with Crippen molar-refractivity contribution in [3.63, 3.8) is 0 Å². The summed E-state index contributed by atoms with van der Waals surface area (Å²) in [6.45, 7) is 4.79. The normalized spacial score (nSPS) is 11.8. The van der Waals surface area contributed by atoms with Gasteiger partial charge in [0.15, 0.2) is 15.3 Å². The van der Waals surface area contributed by atoms with E-state index in [4.69, 9.17) is 47.9 Å². The number of esters is 1. The highest BCUT2D eigenvalue weighted by Crippen LogP contribution is 2.31. The van der Waals surface area contributed by atoms with Crippen molar-refractivity contribution in [2.24, 2.45) is 10.8 Å². The zero-order valence-electron chi connectivity index (χ0n) is 64.7. The Morgan fingerprint density at radius 2 is 0.833 bits per heavy atom. The number of hydrogen-bond donors (Lipinski definition) is 17. The van der Waals surface area contributed by atoms with Crippen LogP contribution in [0.5, 0.6) is 23.0 Å². The third kappa shape index (κ3) is 41.1. The van der Waals surface area contributed by atoms with Gasteiger partial charge < -0.3 is 89.6 Å². The molecule has 0 spiro atoms. The summed E-state index contributed by atoms with van der Waals surface area (Å²) >= 11 is 16.1. The van der Waals surface area contributed by atoms with Crippen molar-refractivity contribution in [2.75, 3.05) is 68.3 Å². The number of nitrogens with zero attached hydrogens (tertiary/aromatic N) is 4. The molecule has 0 aliphatic carbocycles. The van der Waals surface area contributed by atoms with Crippen molar-refractivity contribution < 1.29 is 66.0 Å². The first-order valence-corrected chi connectivity index (χ1v) is 40.4. The van der Waals surface area contributed by atoms with Gasteiger partial charge in [0.2, 0.25) is 58.5 Å². The minimum Gasteiger partial charge on any atom is -0.508 e. The van der Waals surface area contributed by atoms with Gasteiger partial charge in [0.05, 0.1) is 11.4 Å². The van der Waals surface area contributed by atoms with Crippen LogP contribution in [0, 0.1) is 34.6 Å². The molecule has 1 heterocycles. The number of aromatic nitrogens is 3. The average Bonchev–Trinajstić information content (AvgIpc) is 0.910. The van der Waals surface area contributed by atoms with Crippen LogP contribution in [0.2, 0.25) is 0 Å². The van der Waals surface area contributed by atoms with E-state index < -0.39 is 46.3 Å². The summed E-state index contributed by atoms with van der Waals surface area (Å²) < 4.78 is 75.1. The maximum absolute atomic E-state index is 14.2. The standard InChI is InChI=1S/C79H113F5N18O9S3/c80-70-71(81)73(83)75(74(84)72(70)82)111-69(110)25-8-6-4-2-1-3-5-7-24-68(109)98-79(41-38-65(106)89-46-17-15-44-87-53-56(85)21-9-12-49-92-76(112)95-57-26-32-62(103)33-27-57,42-39-66(107)90-47-18-16-45-88-54-60(99-86)22-10-13-50-93-77(113)96-58-28-34-63(104)35-29-58)43-40-67(108)91-48-19-20-52-102-55-61(100-101-102)23-11-14-51-94-78(114)97-59-30-36-64(105)37-31-59/h26-37,53-55,86-88,103-105H,1-25,38-52,85H2,(H,89,106)(H,90,107)(H,91,108)(H,98,109)(H2,92,95,112)(H2,93,96,113)(H2,94,97,114)/b56-53-,60-54-,99-86?. The highest BCUT2D eigenvalue weighted by molar-refractivity contribution is 7.80. The van der Waals surface area contributed by atoms with E-state index in [-0.39, 0.29) is 98.7 Å². The summed E-state index contributed by atoms with van der Waals surface area (Å²) in [5, 5.41) is 79.7. The molecule has 0 bridgehead atoms. The van der Waals surface area contributed by atoms with E-state index >= 15 is 0 Å². The Hall–Kier alpha value is -10.0. The van der Waals surface area contributed by atoms with Crippen molar-refractivity contribution >= 4 is 98.7 Å². The molecule has 1 atom stereocenters. The molecule has 114 heavy (non-hydrogen) atoms.